The second kappa shape index (κ2) is 6.77. The molecule has 2 N–H and O–H groups in total. The molecule has 0 spiro atoms. The predicted molar refractivity (Wildman–Crippen MR) is 48.0 cm³/mol. The van der Waals surface area contributed by atoms with Crippen LogP contribution in [0.2, 0.25) is 0 Å². The fourth-order valence-electron chi connectivity index (χ4n) is 0.888. The smallest absolute Gasteiger partial charge is 0.445 e. The largest absolute Gasteiger partial charge is 1.00 e. The van der Waals surface area contributed by atoms with Crippen LogP contribution in [0, 0.1) is 0 Å². The first-order chi connectivity index (χ1) is 6.53. The summed E-state index contributed by atoms with van der Waals surface area (Å²) in [6.07, 6.45) is 3.48. The zero-order valence-corrected chi connectivity index (χ0v) is 11.3. The first kappa shape index (κ1) is 15.3. The molecule has 0 saturated carbocycles. The number of hydrogen-bond acceptors (Lipinski definition) is 3. The van der Waals surface area contributed by atoms with Gasteiger partial charge in [-0.05, 0) is 0 Å². The van der Waals surface area contributed by atoms with Crippen LogP contribution in [0.1, 0.15) is 11.3 Å². The van der Waals surface area contributed by atoms with Gasteiger partial charge in [-0.2, -0.15) is 0 Å². The van der Waals surface area contributed by atoms with Gasteiger partial charge < -0.3 is 18.7 Å². The molecule has 0 aliphatic carbocycles. The number of nitrogens with two attached hydrogens (primary N) is 1. The van der Waals surface area contributed by atoms with E-state index in [-0.39, 0.29) is 63.9 Å². The molecule has 15 heavy (non-hydrogen) atoms. The molecule has 0 bridgehead atoms. The Morgan fingerprint density at radius 3 is 2.60 bits per heavy atom. The van der Waals surface area contributed by atoms with Crippen molar-refractivity contribution in [2.24, 2.45) is 5.73 Å². The van der Waals surface area contributed by atoms with Gasteiger partial charge in [-0.15, -0.1) is 5.98 Å². The van der Waals surface area contributed by atoms with Gasteiger partial charge in [-0.1, -0.05) is 6.08 Å². The van der Waals surface area contributed by atoms with Crippen molar-refractivity contribution in [3.63, 3.8) is 0 Å². The summed E-state index contributed by atoms with van der Waals surface area (Å²) >= 11 is 0. The van der Waals surface area contributed by atoms with Crippen molar-refractivity contribution in [2.45, 2.75) is 6.54 Å². The van der Waals surface area contributed by atoms with Gasteiger partial charge in [0.2, 0.25) is 0 Å². The normalized spacial score (nSPS) is 11.5. The van der Waals surface area contributed by atoms with Crippen LogP contribution in [-0.4, -0.2) is 16.9 Å². The van der Waals surface area contributed by atoms with Crippen molar-refractivity contribution in [1.29, 1.82) is 0 Å². The number of aromatic nitrogens is 2. The molecule has 0 radical (unpaired) electrons. The molecule has 1 aromatic heterocycles. The van der Waals surface area contributed by atoms with Crippen molar-refractivity contribution in [1.82, 2.24) is 9.97 Å². The third kappa shape index (κ3) is 5.79. The molecule has 0 saturated heterocycles. The Bertz CT molecular complexity index is 342. The Kier molecular flexibility index (Phi) is 6.89. The Hall–Kier alpha value is 0.271. The second-order valence-corrected chi connectivity index (χ2v) is 2.61. The molecule has 8 heteroatoms. The zero-order valence-electron chi connectivity index (χ0n) is 8.20. The maximum atomic E-state index is 11.9. The molecular formula is C7H8BF3KN3. The van der Waals surface area contributed by atoms with E-state index < -0.39 is 6.98 Å². The van der Waals surface area contributed by atoms with Crippen LogP contribution < -0.4 is 57.1 Å². The van der Waals surface area contributed by atoms with Crippen LogP contribution in [0.3, 0.4) is 0 Å². The number of rotatable bonds is 3. The standard InChI is InChI=1S/C7H8BF3N3.K/c9-8(10,11)2-1-6-4-13-5-14-7(6)3-12;/h1-2,4-5H,3,12H2;/q-1;+1/b2-1+;. The second-order valence-electron chi connectivity index (χ2n) is 2.61. The van der Waals surface area contributed by atoms with Crippen LogP contribution in [0.25, 0.3) is 6.08 Å². The van der Waals surface area contributed by atoms with Crippen LogP contribution in [-0.2, 0) is 6.54 Å². The number of hydrogen-bond donors (Lipinski definition) is 1. The van der Waals surface area contributed by atoms with E-state index in [4.69, 9.17) is 5.73 Å². The summed E-state index contributed by atoms with van der Waals surface area (Å²) in [7, 11) is 0. The minimum absolute atomic E-state index is 0. The topological polar surface area (TPSA) is 51.8 Å². The summed E-state index contributed by atoms with van der Waals surface area (Å²) in [5.41, 5.74) is 5.99. The minimum atomic E-state index is -4.93. The Morgan fingerprint density at radius 1 is 1.40 bits per heavy atom. The van der Waals surface area contributed by atoms with Gasteiger partial charge in [0.1, 0.15) is 6.33 Å². The van der Waals surface area contributed by atoms with E-state index >= 15 is 0 Å². The molecule has 3 nitrogen and oxygen atoms in total. The number of nitrogens with zero attached hydrogens (tertiary/aromatic N) is 2. The summed E-state index contributed by atoms with van der Waals surface area (Å²) < 4.78 is 35.6. The van der Waals surface area contributed by atoms with Gasteiger partial charge in [0.25, 0.3) is 0 Å². The molecule has 0 atom stereocenters. The molecule has 1 rings (SSSR count). The average Bonchev–Trinajstić information content (AvgIpc) is 2.14. The molecule has 1 aromatic rings. The van der Waals surface area contributed by atoms with Crippen LogP contribution in [0.4, 0.5) is 12.9 Å². The Balaban J connectivity index is 0.00000196. The van der Waals surface area contributed by atoms with Gasteiger partial charge in [0.15, 0.2) is 0 Å². The van der Waals surface area contributed by atoms with E-state index in [1.165, 1.54) is 12.5 Å². The van der Waals surface area contributed by atoms with Crippen molar-refractivity contribution < 1.29 is 64.3 Å². The predicted octanol–water partition coefficient (Wildman–Crippen LogP) is -1.66. The average molecular weight is 241 g/mol. The summed E-state index contributed by atoms with van der Waals surface area (Å²) in [4.78, 5) is 7.37. The van der Waals surface area contributed by atoms with Gasteiger partial charge in [0, 0.05) is 18.3 Å². The van der Waals surface area contributed by atoms with Crippen LogP contribution >= 0.6 is 0 Å². The fourth-order valence-corrected chi connectivity index (χ4v) is 0.888. The third-order valence-electron chi connectivity index (χ3n) is 1.51. The summed E-state index contributed by atoms with van der Waals surface area (Å²) in [5.74, 6) is 0.192. The van der Waals surface area contributed by atoms with E-state index in [0.717, 1.165) is 6.08 Å². The third-order valence-corrected chi connectivity index (χ3v) is 1.51. The Labute approximate surface area is 128 Å². The summed E-state index contributed by atoms with van der Waals surface area (Å²) in [6, 6.07) is 0. The molecule has 76 valence electrons. The zero-order chi connectivity index (χ0) is 10.6. The Morgan fingerprint density at radius 2 is 2.07 bits per heavy atom. The van der Waals surface area contributed by atoms with Crippen molar-refractivity contribution in [3.8, 4) is 0 Å². The van der Waals surface area contributed by atoms with E-state index in [0.29, 0.717) is 11.3 Å². The van der Waals surface area contributed by atoms with Gasteiger partial charge in [0.05, 0.1) is 5.69 Å². The van der Waals surface area contributed by atoms with Crippen molar-refractivity contribution in [2.75, 3.05) is 0 Å². The minimum Gasteiger partial charge on any atom is -0.445 e. The van der Waals surface area contributed by atoms with Crippen molar-refractivity contribution in [3.05, 3.63) is 29.8 Å². The van der Waals surface area contributed by atoms with E-state index in [2.05, 4.69) is 9.97 Å². The quantitative estimate of drug-likeness (QED) is 0.644. The molecule has 0 aliphatic rings. The molecule has 0 fully saturated rings. The first-order valence-electron chi connectivity index (χ1n) is 3.91. The molecule has 1 heterocycles. The molecule has 0 aromatic carbocycles. The first-order valence-corrected chi connectivity index (χ1v) is 3.91. The van der Waals surface area contributed by atoms with Gasteiger partial charge >= 0.3 is 58.4 Å². The maximum Gasteiger partial charge on any atom is 1.00 e. The number of halogens is 3. The summed E-state index contributed by atoms with van der Waals surface area (Å²) in [5, 5.41) is 0. The maximum absolute atomic E-state index is 11.9. The molecule has 0 amide bonds. The van der Waals surface area contributed by atoms with E-state index in [1.807, 2.05) is 0 Å². The summed E-state index contributed by atoms with van der Waals surface area (Å²) in [6.45, 7) is -4.84. The van der Waals surface area contributed by atoms with Crippen LogP contribution in [0.15, 0.2) is 18.5 Å². The SMILES string of the molecule is NCc1ncncc1/C=C/[B-](F)(F)F.[K+]. The molecule has 0 aliphatic heterocycles. The molecule has 0 unspecified atom stereocenters. The van der Waals surface area contributed by atoms with Gasteiger partial charge in [-0.25, -0.2) is 9.97 Å². The van der Waals surface area contributed by atoms with Crippen LogP contribution in [0.5, 0.6) is 0 Å². The fraction of sp³-hybridized carbons (Fsp3) is 0.143. The monoisotopic (exact) mass is 241 g/mol. The van der Waals surface area contributed by atoms with Crippen molar-refractivity contribution >= 4 is 13.1 Å². The van der Waals surface area contributed by atoms with Gasteiger partial charge in [-0.3, -0.25) is 0 Å². The molecular weight excluding hydrogens is 233 g/mol. The van der Waals surface area contributed by atoms with E-state index in [1.54, 1.807) is 0 Å². The van der Waals surface area contributed by atoms with E-state index in [9.17, 15) is 12.9 Å².